The van der Waals surface area contributed by atoms with E-state index < -0.39 is 0 Å². The molecule has 0 radical (unpaired) electrons. The van der Waals surface area contributed by atoms with Crippen molar-refractivity contribution in [3.05, 3.63) is 11.1 Å². The third-order valence-electron chi connectivity index (χ3n) is 3.23. The maximum absolute atomic E-state index is 5.60. The first-order valence-electron chi connectivity index (χ1n) is 6.22. The summed E-state index contributed by atoms with van der Waals surface area (Å²) in [6.45, 7) is 6.96. The van der Waals surface area contributed by atoms with Crippen LogP contribution in [0, 0.1) is 0 Å². The number of rotatable bonds is 5. The Labute approximate surface area is 107 Å². The topological polar surface area (TPSA) is 37.4 Å². The summed E-state index contributed by atoms with van der Waals surface area (Å²) in [5.74, 6) is 0. The van der Waals surface area contributed by atoms with Crippen molar-refractivity contribution in [2.45, 2.75) is 39.0 Å². The Hall–Kier alpha value is -0.650. The third kappa shape index (κ3) is 2.97. The number of anilines is 1. The average Bonchev–Trinajstić information content (AvgIpc) is 2.94. The lowest BCUT2D eigenvalue weighted by molar-refractivity contribution is 0.118. The van der Waals surface area contributed by atoms with Gasteiger partial charge >= 0.3 is 0 Å². The molecule has 1 aromatic rings. The quantitative estimate of drug-likeness (QED) is 0.871. The van der Waals surface area contributed by atoms with E-state index in [9.17, 15) is 0 Å². The summed E-state index contributed by atoms with van der Waals surface area (Å²) in [4.78, 5) is 6.91. The molecular formula is C12H21N3OS. The van der Waals surface area contributed by atoms with Crippen molar-refractivity contribution >= 4 is 16.5 Å². The molecular weight excluding hydrogens is 234 g/mol. The number of ether oxygens (including phenoxy) is 1. The monoisotopic (exact) mass is 255 g/mol. The maximum Gasteiger partial charge on any atom is 0.185 e. The zero-order valence-corrected chi connectivity index (χ0v) is 11.6. The predicted octanol–water partition coefficient (Wildman–Crippen LogP) is 1.87. The summed E-state index contributed by atoms with van der Waals surface area (Å²) in [6, 6.07) is 0.466. The Morgan fingerprint density at radius 3 is 3.12 bits per heavy atom. The Morgan fingerprint density at radius 2 is 2.47 bits per heavy atom. The Bertz CT molecular complexity index is 355. The molecule has 4 nitrogen and oxygen atoms in total. The lowest BCUT2D eigenvalue weighted by Crippen LogP contribution is -2.36. The SMILES string of the molecule is CCNCc1csc(N(C)C2CCOC2C)n1. The Balaban J connectivity index is 1.98. The summed E-state index contributed by atoms with van der Waals surface area (Å²) in [5, 5.41) is 6.53. The second-order valence-corrected chi connectivity index (χ2v) is 5.28. The molecule has 2 heterocycles. The zero-order valence-electron chi connectivity index (χ0n) is 10.8. The number of aromatic nitrogens is 1. The first kappa shape index (κ1) is 12.8. The van der Waals surface area contributed by atoms with Gasteiger partial charge in [-0.3, -0.25) is 0 Å². The van der Waals surface area contributed by atoms with Crippen LogP contribution in [0.15, 0.2) is 5.38 Å². The molecule has 1 aromatic heterocycles. The number of nitrogens with one attached hydrogen (secondary N) is 1. The second kappa shape index (κ2) is 5.80. The molecule has 1 aliphatic heterocycles. The summed E-state index contributed by atoms with van der Waals surface area (Å²) >= 11 is 1.72. The minimum absolute atomic E-state index is 0.307. The molecule has 1 fully saturated rings. The van der Waals surface area contributed by atoms with E-state index in [1.807, 2.05) is 0 Å². The normalized spacial score (nSPS) is 24.2. The summed E-state index contributed by atoms with van der Waals surface area (Å²) < 4.78 is 5.60. The van der Waals surface area contributed by atoms with Gasteiger partial charge in [0.25, 0.3) is 0 Å². The molecule has 96 valence electrons. The van der Waals surface area contributed by atoms with E-state index in [1.54, 1.807) is 11.3 Å². The van der Waals surface area contributed by atoms with E-state index >= 15 is 0 Å². The highest BCUT2D eigenvalue weighted by Crippen LogP contribution is 2.26. The molecule has 2 unspecified atom stereocenters. The molecule has 0 aromatic carbocycles. The highest BCUT2D eigenvalue weighted by Gasteiger charge is 2.29. The van der Waals surface area contributed by atoms with E-state index in [-0.39, 0.29) is 0 Å². The minimum Gasteiger partial charge on any atom is -0.376 e. The Morgan fingerprint density at radius 1 is 1.65 bits per heavy atom. The number of nitrogens with zero attached hydrogens (tertiary/aromatic N) is 2. The van der Waals surface area contributed by atoms with Crippen molar-refractivity contribution < 1.29 is 4.74 Å². The zero-order chi connectivity index (χ0) is 12.3. The molecule has 0 spiro atoms. The number of hydrogen-bond donors (Lipinski definition) is 1. The van der Waals surface area contributed by atoms with Crippen LogP contribution in [0.5, 0.6) is 0 Å². The molecule has 1 saturated heterocycles. The summed E-state index contributed by atoms with van der Waals surface area (Å²) in [7, 11) is 2.12. The van der Waals surface area contributed by atoms with Gasteiger partial charge < -0.3 is 15.0 Å². The van der Waals surface area contributed by atoms with Gasteiger partial charge in [0.1, 0.15) is 0 Å². The van der Waals surface area contributed by atoms with Crippen LogP contribution in [-0.4, -0.2) is 37.3 Å². The third-order valence-corrected chi connectivity index (χ3v) is 4.21. The summed E-state index contributed by atoms with van der Waals surface area (Å²) in [6.07, 6.45) is 1.40. The molecule has 2 atom stereocenters. The number of likely N-dealkylation sites (N-methyl/N-ethyl adjacent to an activating group) is 1. The van der Waals surface area contributed by atoms with Crippen LogP contribution < -0.4 is 10.2 Å². The second-order valence-electron chi connectivity index (χ2n) is 4.44. The molecule has 5 heteroatoms. The van der Waals surface area contributed by atoms with Crippen molar-refractivity contribution in [2.75, 3.05) is 25.1 Å². The van der Waals surface area contributed by atoms with Crippen molar-refractivity contribution in [1.82, 2.24) is 10.3 Å². The number of hydrogen-bond acceptors (Lipinski definition) is 5. The van der Waals surface area contributed by atoms with E-state index in [4.69, 9.17) is 4.74 Å². The fourth-order valence-electron chi connectivity index (χ4n) is 2.16. The van der Waals surface area contributed by atoms with Gasteiger partial charge in [0.2, 0.25) is 0 Å². The van der Waals surface area contributed by atoms with Crippen LogP contribution in [0.4, 0.5) is 5.13 Å². The van der Waals surface area contributed by atoms with Crippen molar-refractivity contribution in [3.8, 4) is 0 Å². The van der Waals surface area contributed by atoms with Gasteiger partial charge in [0.15, 0.2) is 5.13 Å². The lowest BCUT2D eigenvalue weighted by Gasteiger charge is -2.26. The van der Waals surface area contributed by atoms with Crippen LogP contribution in [0.3, 0.4) is 0 Å². The number of thiazole rings is 1. The molecule has 0 amide bonds. The van der Waals surface area contributed by atoms with E-state index in [1.165, 1.54) is 0 Å². The molecule has 1 N–H and O–H groups in total. The van der Waals surface area contributed by atoms with Crippen LogP contribution >= 0.6 is 11.3 Å². The van der Waals surface area contributed by atoms with Crippen LogP contribution in [0.1, 0.15) is 26.0 Å². The van der Waals surface area contributed by atoms with Gasteiger partial charge in [0.05, 0.1) is 17.8 Å². The molecule has 1 aliphatic rings. The lowest BCUT2D eigenvalue weighted by atomic mass is 10.1. The molecule has 2 rings (SSSR count). The summed E-state index contributed by atoms with van der Waals surface area (Å²) in [5.41, 5.74) is 1.13. The molecule has 0 aliphatic carbocycles. The van der Waals surface area contributed by atoms with Gasteiger partial charge in [-0.2, -0.15) is 0 Å². The molecule has 0 bridgehead atoms. The van der Waals surface area contributed by atoms with E-state index in [0.29, 0.717) is 12.1 Å². The average molecular weight is 255 g/mol. The first-order valence-corrected chi connectivity index (χ1v) is 7.10. The van der Waals surface area contributed by atoms with Crippen molar-refractivity contribution in [3.63, 3.8) is 0 Å². The Kier molecular flexibility index (Phi) is 4.36. The predicted molar refractivity (Wildman–Crippen MR) is 71.7 cm³/mol. The van der Waals surface area contributed by atoms with Crippen LogP contribution in [0.25, 0.3) is 0 Å². The van der Waals surface area contributed by atoms with Gasteiger partial charge in [0, 0.05) is 25.6 Å². The van der Waals surface area contributed by atoms with Gasteiger partial charge in [-0.1, -0.05) is 6.92 Å². The highest BCUT2D eigenvalue weighted by molar-refractivity contribution is 7.13. The van der Waals surface area contributed by atoms with E-state index in [0.717, 1.165) is 36.9 Å². The van der Waals surface area contributed by atoms with Crippen molar-refractivity contribution in [1.29, 1.82) is 0 Å². The largest absolute Gasteiger partial charge is 0.376 e. The fraction of sp³-hybridized carbons (Fsp3) is 0.750. The van der Waals surface area contributed by atoms with Gasteiger partial charge in [-0.05, 0) is 19.9 Å². The standard InChI is InChI=1S/C12H21N3OS/c1-4-13-7-10-8-17-12(14-10)15(3)11-5-6-16-9(11)2/h8-9,11,13H,4-7H2,1-3H3. The van der Waals surface area contributed by atoms with Crippen molar-refractivity contribution in [2.24, 2.45) is 0 Å². The first-order chi connectivity index (χ1) is 8.22. The van der Waals surface area contributed by atoms with E-state index in [2.05, 4.69) is 41.5 Å². The van der Waals surface area contributed by atoms with Crippen LogP contribution in [-0.2, 0) is 11.3 Å². The maximum atomic E-state index is 5.60. The van der Waals surface area contributed by atoms with Gasteiger partial charge in [-0.15, -0.1) is 11.3 Å². The minimum atomic E-state index is 0.307. The van der Waals surface area contributed by atoms with Crippen LogP contribution in [0.2, 0.25) is 0 Å². The highest BCUT2D eigenvalue weighted by atomic mass is 32.1. The molecule has 17 heavy (non-hydrogen) atoms. The van der Waals surface area contributed by atoms with Gasteiger partial charge in [-0.25, -0.2) is 4.98 Å². The smallest absolute Gasteiger partial charge is 0.185 e. The fourth-order valence-corrected chi connectivity index (χ4v) is 3.01. The molecule has 0 saturated carbocycles.